The lowest BCUT2D eigenvalue weighted by Crippen LogP contribution is -2.45. The average molecular weight is 384 g/mol. The van der Waals surface area contributed by atoms with Crippen molar-refractivity contribution in [1.29, 1.82) is 0 Å². The molecule has 4 nitrogen and oxygen atoms in total. The van der Waals surface area contributed by atoms with Crippen molar-refractivity contribution in [1.82, 2.24) is 14.7 Å². The van der Waals surface area contributed by atoms with E-state index in [9.17, 15) is 4.79 Å². The number of hydrogen-bond donors (Lipinski definition) is 0. The van der Waals surface area contributed by atoms with Crippen LogP contribution in [0.2, 0.25) is 0 Å². The molecular formula is C24H37N3O. The molecule has 0 N–H and O–H groups in total. The van der Waals surface area contributed by atoms with Gasteiger partial charge >= 0.3 is 0 Å². The van der Waals surface area contributed by atoms with E-state index in [1.54, 1.807) is 11.1 Å². The Bertz CT molecular complexity index is 637. The molecule has 1 aliphatic heterocycles. The van der Waals surface area contributed by atoms with Gasteiger partial charge in [0.15, 0.2) is 0 Å². The minimum atomic E-state index is 0.344. The predicted octanol–water partition coefficient (Wildman–Crippen LogP) is 3.06. The first-order valence-electron chi connectivity index (χ1n) is 11.3. The number of carbonyl (C=O) groups excluding carboxylic acids is 1. The van der Waals surface area contributed by atoms with Crippen LogP contribution >= 0.6 is 0 Å². The number of piperidine rings is 1. The van der Waals surface area contributed by atoms with Crippen LogP contribution in [-0.4, -0.2) is 73.5 Å². The van der Waals surface area contributed by atoms with Crippen LogP contribution < -0.4 is 0 Å². The zero-order valence-corrected chi connectivity index (χ0v) is 17.8. The third kappa shape index (κ3) is 4.96. The van der Waals surface area contributed by atoms with Gasteiger partial charge in [-0.25, -0.2) is 0 Å². The predicted molar refractivity (Wildman–Crippen MR) is 114 cm³/mol. The van der Waals surface area contributed by atoms with Crippen molar-refractivity contribution in [2.45, 2.75) is 51.0 Å². The molecule has 28 heavy (non-hydrogen) atoms. The summed E-state index contributed by atoms with van der Waals surface area (Å²) < 4.78 is 0. The van der Waals surface area contributed by atoms with Crippen LogP contribution in [0.3, 0.4) is 0 Å². The van der Waals surface area contributed by atoms with E-state index >= 15 is 0 Å². The van der Waals surface area contributed by atoms with Crippen LogP contribution in [0.1, 0.15) is 43.2 Å². The van der Waals surface area contributed by atoms with E-state index in [0.717, 1.165) is 38.9 Å². The highest BCUT2D eigenvalue weighted by molar-refractivity contribution is 5.81. The molecule has 1 heterocycles. The van der Waals surface area contributed by atoms with Crippen molar-refractivity contribution in [2.24, 2.45) is 11.8 Å². The van der Waals surface area contributed by atoms with Crippen LogP contribution in [0.5, 0.6) is 0 Å². The molecule has 4 rings (SSSR count). The molecule has 1 aromatic carbocycles. The van der Waals surface area contributed by atoms with E-state index < -0.39 is 0 Å². The number of fused-ring (bicyclic) bond motifs is 1. The Kier molecular flexibility index (Phi) is 6.37. The van der Waals surface area contributed by atoms with E-state index in [-0.39, 0.29) is 0 Å². The highest BCUT2D eigenvalue weighted by Crippen LogP contribution is 2.33. The highest BCUT2D eigenvalue weighted by atomic mass is 16.2. The van der Waals surface area contributed by atoms with Crippen molar-refractivity contribution in [3.8, 4) is 0 Å². The molecule has 0 bridgehead atoms. The monoisotopic (exact) mass is 383 g/mol. The Morgan fingerprint density at radius 2 is 1.64 bits per heavy atom. The average Bonchev–Trinajstić information content (AvgIpc) is 3.45. The Morgan fingerprint density at radius 3 is 2.21 bits per heavy atom. The maximum atomic E-state index is 12.8. The number of likely N-dealkylation sites (tertiary alicyclic amines) is 1. The molecule has 0 unspecified atom stereocenters. The minimum absolute atomic E-state index is 0.344. The maximum absolute atomic E-state index is 12.8. The number of hydrogen-bond acceptors (Lipinski definition) is 3. The molecule has 2 fully saturated rings. The zero-order valence-electron chi connectivity index (χ0n) is 17.8. The summed E-state index contributed by atoms with van der Waals surface area (Å²) in [6.07, 6.45) is 8.25. The fraction of sp³-hybridized carbons (Fsp3) is 0.708. The summed E-state index contributed by atoms with van der Waals surface area (Å²) in [5.41, 5.74) is 3.11. The van der Waals surface area contributed by atoms with Crippen LogP contribution in [0, 0.1) is 11.8 Å². The molecule has 0 atom stereocenters. The second kappa shape index (κ2) is 8.96. The molecule has 2 aliphatic carbocycles. The van der Waals surface area contributed by atoms with Crippen LogP contribution in [0.15, 0.2) is 24.3 Å². The summed E-state index contributed by atoms with van der Waals surface area (Å²) in [4.78, 5) is 19.9. The molecule has 1 saturated carbocycles. The van der Waals surface area contributed by atoms with Crippen molar-refractivity contribution >= 4 is 5.91 Å². The Balaban J connectivity index is 1.26. The smallest absolute Gasteiger partial charge is 0.225 e. The minimum Gasteiger partial charge on any atom is -0.342 e. The molecule has 1 saturated heterocycles. The standard InChI is InChI=1S/C24H37N3O/c1-25(2)12-5-13-27(24(28)20-8-9-20)18-19-10-14-26(15-11-19)23-16-21-6-3-4-7-22(21)17-23/h3-4,6-7,19-20,23H,5,8-18H2,1-2H3. The summed E-state index contributed by atoms with van der Waals surface area (Å²) in [6, 6.07) is 9.65. The van der Waals surface area contributed by atoms with Gasteiger partial charge in [0.05, 0.1) is 0 Å². The first-order valence-corrected chi connectivity index (χ1v) is 11.3. The van der Waals surface area contributed by atoms with Crippen LogP contribution in [0.25, 0.3) is 0 Å². The molecule has 3 aliphatic rings. The normalized spacial score (nSPS) is 21.2. The van der Waals surface area contributed by atoms with Gasteiger partial charge in [-0.3, -0.25) is 9.69 Å². The Hall–Kier alpha value is -1.39. The van der Waals surface area contributed by atoms with Gasteiger partial charge in [0.1, 0.15) is 0 Å². The molecule has 4 heteroatoms. The van der Waals surface area contributed by atoms with Gasteiger partial charge in [0.25, 0.3) is 0 Å². The maximum Gasteiger partial charge on any atom is 0.225 e. The third-order valence-corrected chi connectivity index (χ3v) is 6.95. The quantitative estimate of drug-likeness (QED) is 0.690. The number of benzene rings is 1. The molecule has 0 spiro atoms. The van der Waals surface area contributed by atoms with Crippen LogP contribution in [-0.2, 0) is 17.6 Å². The van der Waals surface area contributed by atoms with Crippen molar-refractivity contribution < 1.29 is 4.79 Å². The van der Waals surface area contributed by atoms with Gasteiger partial charge in [0, 0.05) is 25.0 Å². The number of amides is 1. The lowest BCUT2D eigenvalue weighted by Gasteiger charge is -2.38. The van der Waals surface area contributed by atoms with Crippen molar-refractivity contribution in [3.05, 3.63) is 35.4 Å². The van der Waals surface area contributed by atoms with Gasteiger partial charge in [-0.1, -0.05) is 24.3 Å². The van der Waals surface area contributed by atoms with Crippen molar-refractivity contribution in [3.63, 3.8) is 0 Å². The summed E-state index contributed by atoms with van der Waals surface area (Å²) >= 11 is 0. The lowest BCUT2D eigenvalue weighted by atomic mass is 9.94. The van der Waals surface area contributed by atoms with E-state index in [2.05, 4.69) is 53.1 Å². The largest absolute Gasteiger partial charge is 0.342 e. The van der Waals surface area contributed by atoms with E-state index in [1.807, 2.05) is 0 Å². The van der Waals surface area contributed by atoms with Gasteiger partial charge in [-0.2, -0.15) is 0 Å². The fourth-order valence-electron chi connectivity index (χ4n) is 5.06. The Morgan fingerprint density at radius 1 is 1.00 bits per heavy atom. The number of nitrogens with zero attached hydrogens (tertiary/aromatic N) is 3. The van der Waals surface area contributed by atoms with Gasteiger partial charge in [-0.15, -0.1) is 0 Å². The highest BCUT2D eigenvalue weighted by Gasteiger charge is 2.35. The second-order valence-corrected chi connectivity index (χ2v) is 9.53. The first-order chi connectivity index (χ1) is 13.6. The topological polar surface area (TPSA) is 26.8 Å². The van der Waals surface area contributed by atoms with E-state index in [4.69, 9.17) is 0 Å². The number of carbonyl (C=O) groups is 1. The van der Waals surface area contributed by atoms with Crippen LogP contribution in [0.4, 0.5) is 0 Å². The first kappa shape index (κ1) is 19.9. The molecule has 154 valence electrons. The summed E-state index contributed by atoms with van der Waals surface area (Å²) in [6.45, 7) is 5.39. The lowest BCUT2D eigenvalue weighted by molar-refractivity contribution is -0.133. The van der Waals surface area contributed by atoms with Crippen molar-refractivity contribution in [2.75, 3.05) is 46.8 Å². The van der Waals surface area contributed by atoms with E-state index in [1.165, 1.54) is 38.8 Å². The number of rotatable bonds is 8. The van der Waals surface area contributed by atoms with E-state index in [0.29, 0.717) is 23.8 Å². The molecule has 1 aromatic rings. The molecule has 0 radical (unpaired) electrons. The molecule has 1 amide bonds. The summed E-state index contributed by atoms with van der Waals surface area (Å²) in [5, 5.41) is 0. The van der Waals surface area contributed by atoms with Gasteiger partial charge in [0.2, 0.25) is 5.91 Å². The Labute approximate surface area is 170 Å². The molecule has 0 aromatic heterocycles. The van der Waals surface area contributed by atoms with Gasteiger partial charge in [-0.05, 0) is 95.7 Å². The SMILES string of the molecule is CN(C)CCCN(CC1CCN(C2Cc3ccccc3C2)CC1)C(=O)C1CC1. The summed E-state index contributed by atoms with van der Waals surface area (Å²) in [5.74, 6) is 1.46. The fourth-order valence-corrected chi connectivity index (χ4v) is 5.06. The third-order valence-electron chi connectivity index (χ3n) is 6.95. The molecular weight excluding hydrogens is 346 g/mol. The summed E-state index contributed by atoms with van der Waals surface area (Å²) in [7, 11) is 4.23. The zero-order chi connectivity index (χ0) is 19.5. The second-order valence-electron chi connectivity index (χ2n) is 9.53. The van der Waals surface area contributed by atoms with Gasteiger partial charge < -0.3 is 9.80 Å².